The van der Waals surface area contributed by atoms with E-state index in [4.69, 9.17) is 4.74 Å². The van der Waals surface area contributed by atoms with Crippen LogP contribution in [0.25, 0.3) is 11.1 Å². The summed E-state index contributed by atoms with van der Waals surface area (Å²) in [4.78, 5) is 11.2. The molecule has 0 spiro atoms. The average molecular weight is 318 g/mol. The normalized spacial score (nSPS) is 11.1. The third-order valence-corrected chi connectivity index (χ3v) is 4.19. The predicted molar refractivity (Wildman–Crippen MR) is 87.1 cm³/mol. The van der Waals surface area contributed by atoms with Crippen molar-refractivity contribution < 1.29 is 17.9 Å². The smallest absolute Gasteiger partial charge is 0.153 e. The molecule has 0 aliphatic carbocycles. The minimum atomic E-state index is -3.01. The van der Waals surface area contributed by atoms with Gasteiger partial charge in [0.1, 0.15) is 15.6 Å². The molecule has 0 heterocycles. The Morgan fingerprint density at radius 3 is 2.41 bits per heavy atom. The van der Waals surface area contributed by atoms with Gasteiger partial charge >= 0.3 is 0 Å². The largest absolute Gasteiger partial charge is 0.492 e. The zero-order valence-electron chi connectivity index (χ0n) is 12.4. The Morgan fingerprint density at radius 2 is 1.77 bits per heavy atom. The fraction of sp³-hybridized carbons (Fsp3) is 0.235. The van der Waals surface area contributed by atoms with E-state index >= 15 is 0 Å². The van der Waals surface area contributed by atoms with Crippen molar-refractivity contribution in [3.63, 3.8) is 0 Å². The van der Waals surface area contributed by atoms with Crippen LogP contribution in [0.2, 0.25) is 0 Å². The molecule has 4 nitrogen and oxygen atoms in total. The van der Waals surface area contributed by atoms with Crippen molar-refractivity contribution in [3.05, 3.63) is 54.1 Å². The maximum absolute atomic E-state index is 11.2. The van der Waals surface area contributed by atoms with E-state index < -0.39 is 9.84 Å². The summed E-state index contributed by atoms with van der Waals surface area (Å²) in [6.45, 7) is 0.248. The Hall–Kier alpha value is -2.14. The minimum absolute atomic E-state index is 0.0664. The van der Waals surface area contributed by atoms with Crippen LogP contribution in [-0.4, -0.2) is 33.3 Å². The molecule has 2 aromatic carbocycles. The molecule has 22 heavy (non-hydrogen) atoms. The van der Waals surface area contributed by atoms with Crippen LogP contribution in [-0.2, 0) is 9.84 Å². The molecule has 0 aliphatic heterocycles. The Kier molecular flexibility index (Phi) is 5.33. The highest BCUT2D eigenvalue weighted by molar-refractivity contribution is 7.90. The second-order valence-corrected chi connectivity index (χ2v) is 7.30. The molecule has 5 heteroatoms. The molecule has 0 aromatic heterocycles. The molecule has 0 atom stereocenters. The molecular weight excluding hydrogens is 300 g/mol. The second-order valence-electron chi connectivity index (χ2n) is 5.04. The topological polar surface area (TPSA) is 60.4 Å². The zero-order chi connectivity index (χ0) is 16.0. The van der Waals surface area contributed by atoms with Gasteiger partial charge in [-0.2, -0.15) is 0 Å². The van der Waals surface area contributed by atoms with Crippen LogP contribution >= 0.6 is 0 Å². The number of carbonyl (C=O) groups is 1. The summed E-state index contributed by atoms with van der Waals surface area (Å²) in [5, 5.41) is 0. The van der Waals surface area contributed by atoms with Crippen LogP contribution in [0.4, 0.5) is 0 Å². The molecule has 0 amide bonds. The highest BCUT2D eigenvalue weighted by Gasteiger charge is 2.11. The number of sulfone groups is 1. The number of hydrogen-bond donors (Lipinski definition) is 0. The number of para-hydroxylation sites is 1. The summed E-state index contributed by atoms with van der Waals surface area (Å²) in [6.07, 6.45) is 2.33. The summed E-state index contributed by atoms with van der Waals surface area (Å²) < 4.78 is 28.0. The molecule has 0 N–H and O–H groups in total. The standard InChI is InChI=1S/C17H18O4S/c1-22(19,20)12-6-11-21-17-15(13-18)9-5-10-16(17)14-7-3-2-4-8-14/h2-5,7-10,13H,6,11-12H2,1H3. The van der Waals surface area contributed by atoms with Crippen molar-refractivity contribution in [2.45, 2.75) is 6.42 Å². The van der Waals surface area contributed by atoms with Gasteiger partial charge in [-0.3, -0.25) is 4.79 Å². The Morgan fingerprint density at radius 1 is 1.05 bits per heavy atom. The van der Waals surface area contributed by atoms with Crippen LogP contribution in [0.5, 0.6) is 5.75 Å². The molecule has 0 bridgehead atoms. The lowest BCUT2D eigenvalue weighted by atomic mass is 10.0. The second kappa shape index (κ2) is 7.22. The summed E-state index contributed by atoms with van der Waals surface area (Å²) in [5.41, 5.74) is 2.23. The highest BCUT2D eigenvalue weighted by Crippen LogP contribution is 2.32. The number of ether oxygens (including phenoxy) is 1. The molecular formula is C17H18O4S. The molecule has 0 saturated heterocycles. The van der Waals surface area contributed by atoms with Gasteiger partial charge in [0.25, 0.3) is 0 Å². The first-order valence-electron chi connectivity index (χ1n) is 6.95. The first-order chi connectivity index (χ1) is 10.5. The van der Waals surface area contributed by atoms with Gasteiger partial charge in [0, 0.05) is 11.8 Å². The molecule has 0 fully saturated rings. The van der Waals surface area contributed by atoms with Crippen molar-refractivity contribution in [2.24, 2.45) is 0 Å². The van der Waals surface area contributed by atoms with Gasteiger partial charge < -0.3 is 4.74 Å². The van der Waals surface area contributed by atoms with Crippen molar-refractivity contribution >= 4 is 16.1 Å². The van der Waals surface area contributed by atoms with Gasteiger partial charge in [-0.15, -0.1) is 0 Å². The molecule has 2 rings (SSSR count). The summed E-state index contributed by atoms with van der Waals surface area (Å²) >= 11 is 0. The van der Waals surface area contributed by atoms with Gasteiger partial charge in [-0.25, -0.2) is 8.42 Å². The van der Waals surface area contributed by atoms with Gasteiger partial charge in [0.2, 0.25) is 0 Å². The van der Waals surface area contributed by atoms with Crippen LogP contribution in [0.15, 0.2) is 48.5 Å². The van der Waals surface area contributed by atoms with E-state index in [1.165, 1.54) is 6.26 Å². The van der Waals surface area contributed by atoms with E-state index in [0.717, 1.165) is 17.4 Å². The van der Waals surface area contributed by atoms with E-state index in [0.29, 0.717) is 17.7 Å². The number of aldehydes is 1. The third-order valence-electron chi connectivity index (χ3n) is 3.16. The first kappa shape index (κ1) is 16.2. The number of benzene rings is 2. The number of carbonyl (C=O) groups excluding carboxylic acids is 1. The molecule has 2 aromatic rings. The fourth-order valence-electron chi connectivity index (χ4n) is 2.15. The molecule has 116 valence electrons. The molecule has 0 aliphatic rings. The van der Waals surface area contributed by atoms with Crippen molar-refractivity contribution in [1.29, 1.82) is 0 Å². The van der Waals surface area contributed by atoms with Crippen molar-refractivity contribution in [2.75, 3.05) is 18.6 Å². The van der Waals surface area contributed by atoms with E-state index in [9.17, 15) is 13.2 Å². The number of hydrogen-bond acceptors (Lipinski definition) is 4. The number of rotatable bonds is 7. The summed E-state index contributed by atoms with van der Waals surface area (Å²) in [5.74, 6) is 0.564. The lowest BCUT2D eigenvalue weighted by molar-refractivity contribution is 0.111. The average Bonchev–Trinajstić information content (AvgIpc) is 2.51. The first-order valence-corrected chi connectivity index (χ1v) is 9.01. The zero-order valence-corrected chi connectivity index (χ0v) is 13.2. The summed E-state index contributed by atoms with van der Waals surface area (Å²) in [7, 11) is -3.01. The van der Waals surface area contributed by atoms with Gasteiger partial charge in [-0.05, 0) is 18.1 Å². The SMILES string of the molecule is CS(=O)(=O)CCCOc1c(C=O)cccc1-c1ccccc1. The predicted octanol–water partition coefficient (Wildman–Crippen LogP) is 2.98. The van der Waals surface area contributed by atoms with E-state index in [2.05, 4.69) is 0 Å². The highest BCUT2D eigenvalue weighted by atomic mass is 32.2. The van der Waals surface area contributed by atoms with Gasteiger partial charge in [-0.1, -0.05) is 42.5 Å². The molecule has 0 radical (unpaired) electrons. The van der Waals surface area contributed by atoms with Crippen LogP contribution in [0.3, 0.4) is 0 Å². The minimum Gasteiger partial charge on any atom is -0.492 e. The maximum Gasteiger partial charge on any atom is 0.153 e. The van der Waals surface area contributed by atoms with Crippen LogP contribution in [0.1, 0.15) is 16.8 Å². The third kappa shape index (κ3) is 4.43. The quantitative estimate of drug-likeness (QED) is 0.581. The van der Waals surface area contributed by atoms with Crippen molar-refractivity contribution in [1.82, 2.24) is 0 Å². The Bertz CT molecular complexity index is 737. The lowest BCUT2D eigenvalue weighted by Crippen LogP contribution is -2.09. The van der Waals surface area contributed by atoms with Crippen molar-refractivity contribution in [3.8, 4) is 16.9 Å². The van der Waals surface area contributed by atoms with Crippen LogP contribution in [0, 0.1) is 0 Å². The van der Waals surface area contributed by atoms with Gasteiger partial charge in [0.05, 0.1) is 17.9 Å². The van der Waals surface area contributed by atoms with E-state index in [-0.39, 0.29) is 12.4 Å². The lowest BCUT2D eigenvalue weighted by Gasteiger charge is -2.13. The molecule has 0 saturated carbocycles. The fourth-order valence-corrected chi connectivity index (χ4v) is 2.79. The summed E-state index contributed by atoms with van der Waals surface area (Å²) in [6, 6.07) is 15.0. The van der Waals surface area contributed by atoms with Crippen LogP contribution < -0.4 is 4.74 Å². The Balaban J connectivity index is 2.23. The maximum atomic E-state index is 11.2. The van der Waals surface area contributed by atoms with E-state index in [1.807, 2.05) is 36.4 Å². The monoisotopic (exact) mass is 318 g/mol. The van der Waals surface area contributed by atoms with E-state index in [1.54, 1.807) is 12.1 Å². The Labute approximate surface area is 130 Å². The molecule has 0 unspecified atom stereocenters. The van der Waals surface area contributed by atoms with Gasteiger partial charge in [0.15, 0.2) is 6.29 Å².